The number of hydrogen-bond acceptors (Lipinski definition) is 4. The van der Waals surface area contributed by atoms with Crippen LogP contribution in [0.5, 0.6) is 0 Å². The Morgan fingerprint density at radius 1 is 1.53 bits per heavy atom. The molecule has 1 heterocycles. The molecule has 2 aromatic rings. The van der Waals surface area contributed by atoms with Crippen LogP contribution >= 0.6 is 11.6 Å². The minimum absolute atomic E-state index is 0.0316. The summed E-state index contributed by atoms with van der Waals surface area (Å²) in [5.41, 5.74) is 0.137. The van der Waals surface area contributed by atoms with Crippen LogP contribution in [0.4, 0.5) is 16.1 Å². The van der Waals surface area contributed by atoms with Crippen LogP contribution in [0.1, 0.15) is 10.5 Å². The highest BCUT2D eigenvalue weighted by molar-refractivity contribution is 6.33. The lowest BCUT2D eigenvalue weighted by atomic mass is 10.3. The maximum absolute atomic E-state index is 12.8. The van der Waals surface area contributed by atoms with E-state index in [4.69, 9.17) is 21.1 Å². The second-order valence-electron chi connectivity index (χ2n) is 3.09. The summed E-state index contributed by atoms with van der Waals surface area (Å²) in [5, 5.41) is 11.4. The molecule has 1 aromatic heterocycles. The molecule has 0 bridgehead atoms. The van der Waals surface area contributed by atoms with E-state index in [-0.39, 0.29) is 16.7 Å². The van der Waals surface area contributed by atoms with Gasteiger partial charge in [0.2, 0.25) is 0 Å². The number of oxazole rings is 1. The molecule has 0 atom stereocenters. The van der Waals surface area contributed by atoms with Crippen LogP contribution in [-0.2, 0) is 0 Å². The normalized spacial score (nSPS) is 10.2. The fourth-order valence-corrected chi connectivity index (χ4v) is 1.35. The molecule has 0 fully saturated rings. The first-order valence-electron chi connectivity index (χ1n) is 4.47. The van der Waals surface area contributed by atoms with Crippen LogP contribution in [-0.4, -0.2) is 16.1 Å². The maximum Gasteiger partial charge on any atom is 0.357 e. The number of benzene rings is 1. The molecule has 0 unspecified atom stereocenters. The van der Waals surface area contributed by atoms with Gasteiger partial charge >= 0.3 is 5.97 Å². The van der Waals surface area contributed by atoms with E-state index in [1.807, 2.05) is 0 Å². The average Bonchev–Trinajstić information content (AvgIpc) is 2.71. The van der Waals surface area contributed by atoms with Gasteiger partial charge in [0.25, 0.3) is 6.01 Å². The van der Waals surface area contributed by atoms with Gasteiger partial charge < -0.3 is 14.8 Å². The van der Waals surface area contributed by atoms with Crippen LogP contribution in [0, 0.1) is 5.82 Å². The van der Waals surface area contributed by atoms with Crippen LogP contribution in [0.25, 0.3) is 0 Å². The predicted octanol–water partition coefficient (Wildman–Crippen LogP) is 2.91. The van der Waals surface area contributed by atoms with E-state index in [1.165, 1.54) is 12.1 Å². The smallest absolute Gasteiger partial charge is 0.357 e. The maximum atomic E-state index is 12.8. The Bertz CT molecular complexity index is 570. The van der Waals surface area contributed by atoms with Crippen molar-refractivity contribution in [2.45, 2.75) is 0 Å². The number of nitrogens with one attached hydrogen (secondary N) is 1. The molecule has 1 aromatic carbocycles. The van der Waals surface area contributed by atoms with Gasteiger partial charge in [-0.3, -0.25) is 0 Å². The van der Waals surface area contributed by atoms with E-state index in [2.05, 4.69) is 10.3 Å². The molecular formula is C10H6ClFN2O3. The molecule has 7 heteroatoms. The van der Waals surface area contributed by atoms with Crippen molar-refractivity contribution in [3.63, 3.8) is 0 Å². The van der Waals surface area contributed by atoms with E-state index >= 15 is 0 Å². The van der Waals surface area contributed by atoms with E-state index in [0.717, 1.165) is 12.3 Å². The highest BCUT2D eigenvalue weighted by Crippen LogP contribution is 2.25. The number of carboxylic acid groups (broad SMARTS) is 1. The van der Waals surface area contributed by atoms with Gasteiger partial charge in [-0.25, -0.2) is 9.18 Å². The van der Waals surface area contributed by atoms with Crippen molar-refractivity contribution in [2.75, 3.05) is 5.32 Å². The average molecular weight is 257 g/mol. The zero-order chi connectivity index (χ0) is 12.4. The minimum Gasteiger partial charge on any atom is -0.476 e. The summed E-state index contributed by atoms with van der Waals surface area (Å²) >= 11 is 5.76. The zero-order valence-corrected chi connectivity index (χ0v) is 9.03. The Morgan fingerprint density at radius 3 is 2.88 bits per heavy atom. The molecule has 88 valence electrons. The molecule has 2 rings (SSSR count). The van der Waals surface area contributed by atoms with Crippen molar-refractivity contribution < 1.29 is 18.7 Å². The molecule has 0 spiro atoms. The van der Waals surface area contributed by atoms with Gasteiger partial charge in [-0.15, -0.1) is 0 Å². The second kappa shape index (κ2) is 4.42. The molecule has 17 heavy (non-hydrogen) atoms. The number of nitrogens with zero attached hydrogens (tertiary/aromatic N) is 1. The van der Waals surface area contributed by atoms with Crippen LogP contribution < -0.4 is 5.32 Å². The Morgan fingerprint density at radius 2 is 2.29 bits per heavy atom. The van der Waals surface area contributed by atoms with Gasteiger partial charge in [-0.05, 0) is 18.2 Å². The first kappa shape index (κ1) is 11.4. The van der Waals surface area contributed by atoms with Gasteiger partial charge in [0.15, 0.2) is 5.69 Å². The van der Waals surface area contributed by atoms with E-state index in [0.29, 0.717) is 5.69 Å². The van der Waals surface area contributed by atoms with Gasteiger partial charge in [0, 0.05) is 0 Å². The molecule has 0 saturated carbocycles. The molecule has 2 N–H and O–H groups in total. The summed E-state index contributed by atoms with van der Waals surface area (Å²) in [6.07, 6.45) is 0.988. The number of aromatic nitrogens is 1. The van der Waals surface area contributed by atoms with Crippen molar-refractivity contribution >= 4 is 29.3 Å². The first-order chi connectivity index (χ1) is 8.06. The Kier molecular flexibility index (Phi) is 2.97. The minimum atomic E-state index is -1.20. The quantitative estimate of drug-likeness (QED) is 0.883. The SMILES string of the molecule is O=C(O)c1coc(Nc2ccc(F)cc2Cl)n1. The Balaban J connectivity index is 2.22. The van der Waals surface area contributed by atoms with Gasteiger partial charge in [-0.2, -0.15) is 4.98 Å². The summed E-state index contributed by atoms with van der Waals surface area (Å²) in [7, 11) is 0. The third-order valence-electron chi connectivity index (χ3n) is 1.90. The summed E-state index contributed by atoms with van der Waals surface area (Å²) in [5.74, 6) is -1.67. The highest BCUT2D eigenvalue weighted by Gasteiger charge is 2.11. The third-order valence-corrected chi connectivity index (χ3v) is 2.21. The Hall–Kier alpha value is -2.08. The lowest BCUT2D eigenvalue weighted by molar-refractivity contribution is 0.0690. The number of aromatic carboxylic acids is 1. The lowest BCUT2D eigenvalue weighted by Crippen LogP contribution is -1.97. The number of halogens is 2. The number of hydrogen-bond donors (Lipinski definition) is 2. The topological polar surface area (TPSA) is 75.4 Å². The summed E-state index contributed by atoms with van der Waals surface area (Å²) < 4.78 is 17.6. The summed E-state index contributed by atoms with van der Waals surface area (Å²) in [6.45, 7) is 0. The molecule has 0 aliphatic rings. The van der Waals surface area contributed by atoms with Crippen molar-refractivity contribution in [3.05, 3.63) is 41.0 Å². The van der Waals surface area contributed by atoms with Crippen molar-refractivity contribution in [1.29, 1.82) is 0 Å². The number of carbonyl (C=O) groups is 1. The van der Waals surface area contributed by atoms with E-state index in [9.17, 15) is 9.18 Å². The molecule has 0 radical (unpaired) electrons. The molecular weight excluding hydrogens is 251 g/mol. The van der Waals surface area contributed by atoms with Gasteiger partial charge in [0.1, 0.15) is 12.1 Å². The van der Waals surface area contributed by atoms with E-state index < -0.39 is 11.8 Å². The second-order valence-corrected chi connectivity index (χ2v) is 3.50. The van der Waals surface area contributed by atoms with Crippen LogP contribution in [0.15, 0.2) is 28.9 Å². The fourth-order valence-electron chi connectivity index (χ4n) is 1.14. The molecule has 0 aliphatic carbocycles. The highest BCUT2D eigenvalue weighted by atomic mass is 35.5. The first-order valence-corrected chi connectivity index (χ1v) is 4.85. The monoisotopic (exact) mass is 256 g/mol. The van der Waals surface area contributed by atoms with Crippen molar-refractivity contribution in [2.24, 2.45) is 0 Å². The zero-order valence-electron chi connectivity index (χ0n) is 8.28. The number of rotatable bonds is 3. The van der Waals surface area contributed by atoms with E-state index in [1.54, 1.807) is 0 Å². The summed E-state index contributed by atoms with van der Waals surface area (Å²) in [6, 6.07) is 3.68. The predicted molar refractivity (Wildman–Crippen MR) is 58.2 cm³/mol. The van der Waals surface area contributed by atoms with Crippen LogP contribution in [0.2, 0.25) is 5.02 Å². The van der Waals surface area contributed by atoms with Crippen molar-refractivity contribution in [1.82, 2.24) is 4.98 Å². The Labute approximate surface area is 99.8 Å². The van der Waals surface area contributed by atoms with Gasteiger partial charge in [-0.1, -0.05) is 11.6 Å². The number of anilines is 2. The molecule has 0 aliphatic heterocycles. The standard InChI is InChI=1S/C10H6ClFN2O3/c11-6-3-5(12)1-2-7(6)13-10-14-8(4-17-10)9(15)16/h1-4H,(H,13,14)(H,15,16). The van der Waals surface area contributed by atoms with Gasteiger partial charge in [0.05, 0.1) is 10.7 Å². The summed E-state index contributed by atoms with van der Waals surface area (Å²) in [4.78, 5) is 14.2. The molecule has 0 saturated heterocycles. The van der Waals surface area contributed by atoms with Crippen LogP contribution in [0.3, 0.4) is 0 Å². The number of carboxylic acids is 1. The van der Waals surface area contributed by atoms with Crippen molar-refractivity contribution in [3.8, 4) is 0 Å². The molecule has 0 amide bonds. The molecule has 5 nitrogen and oxygen atoms in total. The fraction of sp³-hybridized carbons (Fsp3) is 0. The largest absolute Gasteiger partial charge is 0.476 e. The lowest BCUT2D eigenvalue weighted by Gasteiger charge is -2.03. The third kappa shape index (κ3) is 2.54.